The summed E-state index contributed by atoms with van der Waals surface area (Å²) in [6.07, 6.45) is 0.934. The van der Waals surface area contributed by atoms with Crippen LogP contribution in [0.3, 0.4) is 0 Å². The Hall–Kier alpha value is -4.49. The molecule has 0 aromatic heterocycles. The molecule has 1 spiro atoms. The number of urea groups is 1. The summed E-state index contributed by atoms with van der Waals surface area (Å²) in [5.41, 5.74) is 3.34. The number of imide groups is 1. The lowest BCUT2D eigenvalue weighted by atomic mass is 9.85. The van der Waals surface area contributed by atoms with Crippen LogP contribution in [0, 0.1) is 5.82 Å². The molecular weight excluding hydrogens is 517 g/mol. The van der Waals surface area contributed by atoms with Crippen LogP contribution in [0.5, 0.6) is 5.75 Å². The average Bonchev–Trinajstić information content (AvgIpc) is 3.21. The van der Waals surface area contributed by atoms with Crippen molar-refractivity contribution in [3.63, 3.8) is 0 Å². The number of hydrogen-bond donors (Lipinski definition) is 0. The zero-order valence-electron chi connectivity index (χ0n) is 23.0. The first-order valence-electron chi connectivity index (χ1n) is 13.9. The Labute approximate surface area is 239 Å². The van der Waals surface area contributed by atoms with Crippen LogP contribution in [0.15, 0.2) is 103 Å². The molecule has 2 saturated heterocycles. The molecule has 0 saturated carbocycles. The Bertz CT molecular complexity index is 1550. The van der Waals surface area contributed by atoms with Crippen molar-refractivity contribution in [3.05, 3.63) is 120 Å². The van der Waals surface area contributed by atoms with E-state index in [1.807, 2.05) is 18.2 Å². The number of amides is 3. The third kappa shape index (κ3) is 5.09. The first kappa shape index (κ1) is 26.7. The van der Waals surface area contributed by atoms with Gasteiger partial charge in [0.2, 0.25) is 0 Å². The van der Waals surface area contributed by atoms with Gasteiger partial charge in [0.05, 0.1) is 19.3 Å². The van der Waals surface area contributed by atoms with Crippen LogP contribution in [0.4, 0.5) is 14.9 Å². The summed E-state index contributed by atoms with van der Waals surface area (Å²) < 4.78 is 20.1. The van der Waals surface area contributed by atoms with Crippen LogP contribution >= 0.6 is 0 Å². The lowest BCUT2D eigenvalue weighted by molar-refractivity contribution is -0.127. The SMILES string of the molecule is COc1cccc(N2C(=O)N(Cc3ccccc3F)C3(CCN(Cc4ccc(-c5ccccc5)cc4)CC3)C2=O)c1. The third-order valence-electron chi connectivity index (χ3n) is 8.29. The Morgan fingerprint density at radius 2 is 1.46 bits per heavy atom. The molecule has 0 radical (unpaired) electrons. The number of carbonyl (C=O) groups is 2. The van der Waals surface area contributed by atoms with Gasteiger partial charge in [0.25, 0.3) is 5.91 Å². The molecule has 3 amide bonds. The molecule has 0 atom stereocenters. The number of halogens is 1. The molecule has 6 nitrogen and oxygen atoms in total. The highest BCUT2D eigenvalue weighted by Gasteiger charge is 2.58. The zero-order valence-corrected chi connectivity index (χ0v) is 23.0. The lowest BCUT2D eigenvalue weighted by Gasteiger charge is -2.42. The highest BCUT2D eigenvalue weighted by atomic mass is 19.1. The largest absolute Gasteiger partial charge is 0.497 e. The van der Waals surface area contributed by atoms with Gasteiger partial charge >= 0.3 is 6.03 Å². The van der Waals surface area contributed by atoms with Crippen molar-refractivity contribution in [3.8, 4) is 16.9 Å². The number of rotatable bonds is 7. The van der Waals surface area contributed by atoms with Gasteiger partial charge in [-0.2, -0.15) is 0 Å². The summed E-state index contributed by atoms with van der Waals surface area (Å²) in [7, 11) is 1.55. The maximum absolute atomic E-state index is 14.7. The highest BCUT2D eigenvalue weighted by Crippen LogP contribution is 2.41. The maximum Gasteiger partial charge on any atom is 0.332 e. The van der Waals surface area contributed by atoms with Crippen molar-refractivity contribution in [2.45, 2.75) is 31.5 Å². The first-order valence-corrected chi connectivity index (χ1v) is 13.9. The van der Waals surface area contributed by atoms with Gasteiger partial charge in [-0.1, -0.05) is 78.9 Å². The molecule has 0 aliphatic carbocycles. The van der Waals surface area contributed by atoms with Crippen molar-refractivity contribution in [1.82, 2.24) is 9.80 Å². The quantitative estimate of drug-likeness (QED) is 0.247. The molecule has 0 N–H and O–H groups in total. The predicted octanol–water partition coefficient (Wildman–Crippen LogP) is 6.50. The topological polar surface area (TPSA) is 53.1 Å². The summed E-state index contributed by atoms with van der Waals surface area (Å²) in [6, 6.07) is 31.8. The van der Waals surface area contributed by atoms with E-state index in [0.29, 0.717) is 42.9 Å². The van der Waals surface area contributed by atoms with E-state index in [2.05, 4.69) is 41.3 Å². The molecule has 0 bridgehead atoms. The number of methoxy groups -OCH3 is 1. The molecule has 6 rings (SSSR count). The number of hydrogen-bond acceptors (Lipinski definition) is 4. The van der Waals surface area contributed by atoms with E-state index in [4.69, 9.17) is 4.74 Å². The summed E-state index contributed by atoms with van der Waals surface area (Å²) in [5, 5.41) is 0. The van der Waals surface area contributed by atoms with Crippen molar-refractivity contribution >= 4 is 17.6 Å². The molecule has 2 heterocycles. The third-order valence-corrected chi connectivity index (χ3v) is 8.29. The minimum absolute atomic E-state index is 0.0265. The van der Waals surface area contributed by atoms with E-state index < -0.39 is 11.6 Å². The molecule has 4 aromatic carbocycles. The smallest absolute Gasteiger partial charge is 0.332 e. The zero-order chi connectivity index (χ0) is 28.4. The molecule has 0 unspecified atom stereocenters. The van der Waals surface area contributed by atoms with Crippen LogP contribution < -0.4 is 9.64 Å². The number of likely N-dealkylation sites (tertiary alicyclic amines) is 1. The van der Waals surface area contributed by atoms with Gasteiger partial charge in [-0.25, -0.2) is 14.1 Å². The second kappa shape index (κ2) is 11.2. The number of anilines is 1. The van der Waals surface area contributed by atoms with Gasteiger partial charge in [-0.3, -0.25) is 9.69 Å². The summed E-state index contributed by atoms with van der Waals surface area (Å²) in [4.78, 5) is 33.1. The fourth-order valence-electron chi connectivity index (χ4n) is 5.96. The summed E-state index contributed by atoms with van der Waals surface area (Å²) in [5.74, 6) is -0.101. The normalized spacial score (nSPS) is 16.9. The Kier molecular flexibility index (Phi) is 7.28. The minimum atomic E-state index is -1.05. The maximum atomic E-state index is 14.7. The van der Waals surface area contributed by atoms with Crippen molar-refractivity contribution < 1.29 is 18.7 Å². The van der Waals surface area contributed by atoms with E-state index in [-0.39, 0.29) is 18.3 Å². The minimum Gasteiger partial charge on any atom is -0.497 e. The molecule has 2 aliphatic heterocycles. The second-order valence-electron chi connectivity index (χ2n) is 10.7. The van der Waals surface area contributed by atoms with Crippen LogP contribution in [0.2, 0.25) is 0 Å². The standard InChI is InChI=1S/C34H32FN3O3/c1-41-30-12-7-11-29(22-30)38-32(39)34(37(33(38)40)24-28-10-5-6-13-31(28)35)18-20-36(21-19-34)23-25-14-16-27(17-15-25)26-8-3-2-4-9-26/h2-17,22H,18-21,23-24H2,1H3. The fourth-order valence-corrected chi connectivity index (χ4v) is 5.96. The molecule has 2 aliphatic rings. The summed E-state index contributed by atoms with van der Waals surface area (Å²) in [6.45, 7) is 2.05. The van der Waals surface area contributed by atoms with Crippen molar-refractivity contribution in [2.75, 3.05) is 25.1 Å². The van der Waals surface area contributed by atoms with Crippen molar-refractivity contribution in [1.29, 1.82) is 0 Å². The highest BCUT2D eigenvalue weighted by molar-refractivity contribution is 6.23. The summed E-state index contributed by atoms with van der Waals surface area (Å²) >= 11 is 0. The number of carbonyl (C=O) groups excluding carboxylic acids is 2. The number of nitrogens with zero attached hydrogens (tertiary/aromatic N) is 3. The monoisotopic (exact) mass is 549 g/mol. The number of ether oxygens (including phenoxy) is 1. The lowest BCUT2D eigenvalue weighted by Crippen LogP contribution is -2.56. The predicted molar refractivity (Wildman–Crippen MR) is 157 cm³/mol. The van der Waals surface area contributed by atoms with Gasteiger partial charge in [0, 0.05) is 31.3 Å². The average molecular weight is 550 g/mol. The van der Waals surface area contributed by atoms with Crippen LogP contribution in [-0.2, 0) is 17.9 Å². The van der Waals surface area contributed by atoms with Gasteiger partial charge in [-0.05, 0) is 47.7 Å². The Morgan fingerprint density at radius 1 is 0.780 bits per heavy atom. The van der Waals surface area contributed by atoms with Crippen LogP contribution in [0.1, 0.15) is 24.0 Å². The molecule has 2 fully saturated rings. The van der Waals surface area contributed by atoms with Gasteiger partial charge in [-0.15, -0.1) is 0 Å². The number of piperidine rings is 1. The van der Waals surface area contributed by atoms with Crippen LogP contribution in [0.25, 0.3) is 11.1 Å². The molecule has 41 heavy (non-hydrogen) atoms. The van der Waals surface area contributed by atoms with Gasteiger partial charge in [0.15, 0.2) is 0 Å². The van der Waals surface area contributed by atoms with E-state index in [1.54, 1.807) is 54.5 Å². The van der Waals surface area contributed by atoms with E-state index >= 15 is 0 Å². The second-order valence-corrected chi connectivity index (χ2v) is 10.7. The van der Waals surface area contributed by atoms with E-state index in [1.165, 1.54) is 27.7 Å². The molecular formula is C34H32FN3O3. The van der Waals surface area contributed by atoms with E-state index in [0.717, 1.165) is 6.54 Å². The first-order chi connectivity index (χ1) is 20.0. The fraction of sp³-hybridized carbons (Fsp3) is 0.235. The molecule has 4 aromatic rings. The molecule has 208 valence electrons. The Balaban J connectivity index is 1.23. The Morgan fingerprint density at radius 3 is 2.17 bits per heavy atom. The van der Waals surface area contributed by atoms with E-state index in [9.17, 15) is 14.0 Å². The molecule has 7 heteroatoms. The van der Waals surface area contributed by atoms with Gasteiger partial charge < -0.3 is 9.64 Å². The van der Waals surface area contributed by atoms with Gasteiger partial charge in [0.1, 0.15) is 17.1 Å². The van der Waals surface area contributed by atoms with Crippen molar-refractivity contribution in [2.24, 2.45) is 0 Å². The van der Waals surface area contributed by atoms with Crippen LogP contribution in [-0.4, -0.2) is 47.5 Å². The number of benzene rings is 4.